The molecule has 0 aliphatic carbocycles. The van der Waals surface area contributed by atoms with Crippen molar-refractivity contribution in [1.29, 1.82) is 0 Å². The summed E-state index contributed by atoms with van der Waals surface area (Å²) in [4.78, 5) is 29.0. The molecule has 2 amide bonds. The number of carbonyl (C=O) groups excluding carboxylic acids is 2. The minimum absolute atomic E-state index is 0.122. The van der Waals surface area contributed by atoms with E-state index >= 15 is 0 Å². The van der Waals surface area contributed by atoms with Crippen LogP contribution in [0.15, 0.2) is 58.8 Å². The molecule has 0 atom stereocenters. The zero-order valence-electron chi connectivity index (χ0n) is 15.0. The Morgan fingerprint density at radius 2 is 1.74 bits per heavy atom. The number of anilines is 2. The van der Waals surface area contributed by atoms with E-state index in [0.717, 1.165) is 16.8 Å². The van der Waals surface area contributed by atoms with E-state index in [1.807, 2.05) is 35.9 Å². The lowest BCUT2D eigenvalue weighted by atomic mass is 10.1. The van der Waals surface area contributed by atoms with E-state index < -0.39 is 0 Å². The van der Waals surface area contributed by atoms with Crippen molar-refractivity contribution >= 4 is 45.7 Å². The third kappa shape index (κ3) is 5.42. The predicted octanol–water partition coefficient (Wildman–Crippen LogP) is 4.67. The Balaban J connectivity index is 1.59. The Morgan fingerprint density at radius 3 is 2.37 bits per heavy atom. The number of nitrogens with zero attached hydrogens (tertiary/aromatic N) is 1. The van der Waals surface area contributed by atoms with Crippen LogP contribution >= 0.6 is 23.1 Å². The van der Waals surface area contributed by atoms with Gasteiger partial charge in [-0.15, -0.1) is 23.1 Å². The maximum atomic E-state index is 12.3. The number of nitrogens with one attached hydrogen (secondary N) is 2. The largest absolute Gasteiger partial charge is 0.326 e. The number of hydrogen-bond acceptors (Lipinski definition) is 5. The summed E-state index contributed by atoms with van der Waals surface area (Å²) in [6, 6.07) is 15.4. The number of rotatable bonds is 6. The average molecular weight is 398 g/mol. The van der Waals surface area contributed by atoms with Gasteiger partial charge in [0.25, 0.3) is 0 Å². The number of thiazole rings is 1. The van der Waals surface area contributed by atoms with Crippen LogP contribution < -0.4 is 10.6 Å². The lowest BCUT2D eigenvalue weighted by molar-refractivity contribution is -0.116. The maximum absolute atomic E-state index is 12.3. The molecular formula is C20H19N3O2S2. The molecule has 5 nitrogen and oxygen atoms in total. The van der Waals surface area contributed by atoms with Gasteiger partial charge >= 0.3 is 0 Å². The second kappa shape index (κ2) is 8.83. The second-order valence-corrected chi connectivity index (χ2v) is 7.61. The summed E-state index contributed by atoms with van der Waals surface area (Å²) in [5.74, 6) is -0.246. The van der Waals surface area contributed by atoms with Crippen molar-refractivity contribution in [2.24, 2.45) is 0 Å². The first-order valence-electron chi connectivity index (χ1n) is 8.30. The first-order chi connectivity index (χ1) is 13.0. The molecule has 3 rings (SSSR count). The first-order valence-corrected chi connectivity index (χ1v) is 10.4. The zero-order valence-corrected chi connectivity index (χ0v) is 16.6. The van der Waals surface area contributed by atoms with Gasteiger partial charge < -0.3 is 10.6 Å². The monoisotopic (exact) mass is 397 g/mol. The Hall–Kier alpha value is -2.64. The van der Waals surface area contributed by atoms with Crippen LogP contribution in [-0.2, 0) is 16.0 Å². The van der Waals surface area contributed by atoms with Gasteiger partial charge in [0.1, 0.15) is 0 Å². The number of carbonyl (C=O) groups is 2. The van der Waals surface area contributed by atoms with Crippen LogP contribution in [0.5, 0.6) is 0 Å². The molecule has 0 aliphatic rings. The maximum Gasteiger partial charge on any atom is 0.230 e. The van der Waals surface area contributed by atoms with Gasteiger partial charge in [-0.1, -0.05) is 24.3 Å². The molecule has 138 valence electrons. The lowest BCUT2D eigenvalue weighted by Crippen LogP contribution is -2.14. The van der Waals surface area contributed by atoms with E-state index in [1.165, 1.54) is 23.2 Å². The van der Waals surface area contributed by atoms with Crippen molar-refractivity contribution in [1.82, 2.24) is 4.98 Å². The first kappa shape index (κ1) is 19.1. The van der Waals surface area contributed by atoms with Gasteiger partial charge in [0, 0.05) is 28.5 Å². The fourth-order valence-corrected chi connectivity index (χ4v) is 3.63. The molecule has 7 heteroatoms. The van der Waals surface area contributed by atoms with Crippen LogP contribution in [0.3, 0.4) is 0 Å². The van der Waals surface area contributed by atoms with Crippen LogP contribution in [-0.4, -0.2) is 23.1 Å². The number of benzene rings is 2. The molecule has 2 aromatic carbocycles. The summed E-state index contributed by atoms with van der Waals surface area (Å²) in [7, 11) is 0. The molecule has 0 radical (unpaired) electrons. The molecule has 0 fully saturated rings. The van der Waals surface area contributed by atoms with E-state index in [4.69, 9.17) is 0 Å². The van der Waals surface area contributed by atoms with E-state index in [0.29, 0.717) is 10.8 Å². The van der Waals surface area contributed by atoms with Crippen molar-refractivity contribution in [3.05, 3.63) is 59.5 Å². The third-order valence-electron chi connectivity index (χ3n) is 3.78. The summed E-state index contributed by atoms with van der Waals surface area (Å²) in [6.07, 6.45) is 2.29. The summed E-state index contributed by atoms with van der Waals surface area (Å²) in [5, 5.41) is 8.06. The summed E-state index contributed by atoms with van der Waals surface area (Å²) in [6.45, 7) is 1.46. The highest BCUT2D eigenvalue weighted by molar-refractivity contribution is 7.98. The Labute approximate surface area is 166 Å². The normalized spacial score (nSPS) is 10.4. The topological polar surface area (TPSA) is 71.1 Å². The van der Waals surface area contributed by atoms with Crippen LogP contribution in [0.4, 0.5) is 10.8 Å². The number of amides is 2. The van der Waals surface area contributed by atoms with Crippen LogP contribution in [0, 0.1) is 0 Å². The van der Waals surface area contributed by atoms with Crippen molar-refractivity contribution in [2.45, 2.75) is 18.2 Å². The summed E-state index contributed by atoms with van der Waals surface area (Å²) < 4.78 is 0. The van der Waals surface area contributed by atoms with Crippen LogP contribution in [0.1, 0.15) is 12.5 Å². The minimum atomic E-state index is -0.124. The van der Waals surface area contributed by atoms with E-state index in [2.05, 4.69) is 27.8 Å². The molecule has 0 saturated carbocycles. The fraction of sp³-hybridized carbons (Fsp3) is 0.150. The molecule has 2 N–H and O–H groups in total. The van der Waals surface area contributed by atoms with Crippen molar-refractivity contribution in [2.75, 3.05) is 16.9 Å². The lowest BCUT2D eigenvalue weighted by Gasteiger charge is -2.05. The van der Waals surface area contributed by atoms with Gasteiger partial charge in [-0.05, 0) is 36.1 Å². The van der Waals surface area contributed by atoms with Gasteiger partial charge in [-0.3, -0.25) is 9.59 Å². The average Bonchev–Trinajstić information content (AvgIpc) is 3.11. The number of hydrogen-bond donors (Lipinski definition) is 2. The fourth-order valence-electron chi connectivity index (χ4n) is 2.48. The highest BCUT2D eigenvalue weighted by atomic mass is 32.2. The van der Waals surface area contributed by atoms with Gasteiger partial charge in [0.2, 0.25) is 11.8 Å². The van der Waals surface area contributed by atoms with Crippen LogP contribution in [0.2, 0.25) is 0 Å². The zero-order chi connectivity index (χ0) is 19.2. The smallest absolute Gasteiger partial charge is 0.230 e. The van der Waals surface area contributed by atoms with Gasteiger partial charge in [-0.2, -0.15) is 0 Å². The molecule has 0 bridgehead atoms. The second-order valence-electron chi connectivity index (χ2n) is 5.87. The molecule has 0 spiro atoms. The SMILES string of the molecule is CSc1ccc(-c2csc(NC(=O)Cc3ccc(NC(C)=O)cc3)n2)cc1. The molecule has 1 aromatic heterocycles. The molecule has 3 aromatic rings. The summed E-state index contributed by atoms with van der Waals surface area (Å²) >= 11 is 3.10. The van der Waals surface area contributed by atoms with E-state index in [9.17, 15) is 9.59 Å². The molecular weight excluding hydrogens is 378 g/mol. The van der Waals surface area contributed by atoms with Gasteiger partial charge in [0.05, 0.1) is 12.1 Å². The standard InChI is InChI=1S/C20H19N3O2S2/c1-13(24)21-16-7-3-14(4-8-16)11-19(25)23-20-22-18(12-27-20)15-5-9-17(26-2)10-6-15/h3-10,12H,11H2,1-2H3,(H,21,24)(H,22,23,25). The predicted molar refractivity (Wildman–Crippen MR) is 112 cm³/mol. The minimum Gasteiger partial charge on any atom is -0.326 e. The third-order valence-corrected chi connectivity index (χ3v) is 5.28. The number of thioether (sulfide) groups is 1. The molecule has 0 unspecified atom stereocenters. The number of aromatic nitrogens is 1. The quantitative estimate of drug-likeness (QED) is 0.593. The Morgan fingerprint density at radius 1 is 1.04 bits per heavy atom. The summed E-state index contributed by atoms with van der Waals surface area (Å²) in [5.41, 5.74) is 3.45. The van der Waals surface area contributed by atoms with Crippen LogP contribution in [0.25, 0.3) is 11.3 Å². The van der Waals surface area contributed by atoms with Gasteiger partial charge in [0.15, 0.2) is 5.13 Å². The highest BCUT2D eigenvalue weighted by Gasteiger charge is 2.09. The molecule has 27 heavy (non-hydrogen) atoms. The Bertz CT molecular complexity index is 935. The van der Waals surface area contributed by atoms with E-state index in [1.54, 1.807) is 23.9 Å². The van der Waals surface area contributed by atoms with E-state index in [-0.39, 0.29) is 18.2 Å². The molecule has 0 aliphatic heterocycles. The molecule has 1 heterocycles. The molecule has 0 saturated heterocycles. The van der Waals surface area contributed by atoms with Gasteiger partial charge in [-0.25, -0.2) is 4.98 Å². The highest BCUT2D eigenvalue weighted by Crippen LogP contribution is 2.26. The Kier molecular flexibility index (Phi) is 6.26. The van der Waals surface area contributed by atoms with Crippen molar-refractivity contribution in [3.63, 3.8) is 0 Å². The van der Waals surface area contributed by atoms with Crippen molar-refractivity contribution < 1.29 is 9.59 Å². The van der Waals surface area contributed by atoms with Crippen molar-refractivity contribution in [3.8, 4) is 11.3 Å².